The van der Waals surface area contributed by atoms with Crippen LogP contribution in [0.5, 0.6) is 0 Å². The molecule has 0 aliphatic rings. The molecule has 2 rings (SSSR count). The molecule has 1 aromatic heterocycles. The lowest BCUT2D eigenvalue weighted by Gasteiger charge is -2.17. The second kappa shape index (κ2) is 7.45. The van der Waals surface area contributed by atoms with E-state index < -0.39 is 0 Å². The molecule has 2 unspecified atom stereocenters. The molecule has 0 aliphatic heterocycles. The number of carbonyl (C=O) groups excluding carboxylic acids is 1. The highest BCUT2D eigenvalue weighted by atomic mass is 31.1. The minimum absolute atomic E-state index is 0.179. The van der Waals surface area contributed by atoms with Crippen LogP contribution in [0.2, 0.25) is 0 Å². The number of hydrogen-bond acceptors (Lipinski definition) is 2. The van der Waals surface area contributed by atoms with Crippen LogP contribution in [0.3, 0.4) is 0 Å². The number of allylic oxidation sites excluding steroid dienone is 1. The predicted octanol–water partition coefficient (Wildman–Crippen LogP) is 4.47. The summed E-state index contributed by atoms with van der Waals surface area (Å²) in [7, 11) is 5.35. The molecule has 4 nitrogen and oxygen atoms in total. The summed E-state index contributed by atoms with van der Waals surface area (Å²) in [6, 6.07) is 5.83. The van der Waals surface area contributed by atoms with Gasteiger partial charge in [0.1, 0.15) is 0 Å². The summed E-state index contributed by atoms with van der Waals surface area (Å²) in [6.45, 7) is 7.95. The molecule has 0 radical (unpaired) electrons. The maximum absolute atomic E-state index is 12.7. The zero-order chi connectivity index (χ0) is 17.9. The van der Waals surface area contributed by atoms with E-state index in [4.69, 9.17) is 0 Å². The third-order valence-corrected chi connectivity index (χ3v) is 4.08. The van der Waals surface area contributed by atoms with Crippen molar-refractivity contribution in [2.45, 2.75) is 32.6 Å². The van der Waals surface area contributed by atoms with Gasteiger partial charge in [-0.3, -0.25) is 9.89 Å². The second-order valence-electron chi connectivity index (χ2n) is 6.19. The predicted molar refractivity (Wildman–Crippen MR) is 107 cm³/mol. The molecule has 1 heterocycles. The lowest BCUT2D eigenvalue weighted by atomic mass is 10.1. The minimum Gasteiger partial charge on any atom is -0.322 e. The van der Waals surface area contributed by atoms with Crippen LogP contribution in [0.1, 0.15) is 48.0 Å². The lowest BCUT2D eigenvalue weighted by Crippen LogP contribution is -2.17. The molecule has 0 spiro atoms. The largest absolute Gasteiger partial charge is 0.322 e. The average Bonchev–Trinajstić information content (AvgIpc) is 2.97. The third kappa shape index (κ3) is 4.42. The van der Waals surface area contributed by atoms with Gasteiger partial charge in [-0.05, 0) is 56.5 Å². The van der Waals surface area contributed by atoms with Gasteiger partial charge in [-0.2, -0.15) is 5.10 Å². The number of aromatic amines is 1. The highest BCUT2D eigenvalue weighted by Gasteiger charge is 2.25. The topological polar surface area (TPSA) is 57.8 Å². The molecule has 1 aromatic carbocycles. The summed E-state index contributed by atoms with van der Waals surface area (Å²) in [5, 5.41) is 9.95. The van der Waals surface area contributed by atoms with Crippen LogP contribution in [0.25, 0.3) is 6.08 Å². The van der Waals surface area contributed by atoms with Gasteiger partial charge in [0.15, 0.2) is 0 Å². The number of nitrogens with zero attached hydrogens (tertiary/aromatic N) is 1. The maximum Gasteiger partial charge on any atom is 0.259 e. The number of nitrogens with one attached hydrogen (secondary N) is 2. The van der Waals surface area contributed by atoms with Crippen molar-refractivity contribution in [1.82, 2.24) is 10.2 Å². The Morgan fingerprint density at radius 2 is 2.08 bits per heavy atom. The van der Waals surface area contributed by atoms with Crippen molar-refractivity contribution in [3.63, 3.8) is 0 Å². The smallest absolute Gasteiger partial charge is 0.259 e. The van der Waals surface area contributed by atoms with Crippen LogP contribution in [0.4, 0.5) is 5.69 Å². The first-order valence-corrected chi connectivity index (χ1v) is 8.78. The van der Waals surface area contributed by atoms with Gasteiger partial charge in [-0.15, -0.1) is 24.2 Å². The Bertz CT molecular complexity index is 821. The molecule has 24 heavy (non-hydrogen) atoms. The van der Waals surface area contributed by atoms with Gasteiger partial charge in [0.25, 0.3) is 5.91 Å². The SMILES string of the molecule is CC(C)=C=Cc1cccc(NC(=O)c2c[nH]nc2C(C)(P)P)c1C. The third-order valence-electron chi connectivity index (χ3n) is 3.54. The summed E-state index contributed by atoms with van der Waals surface area (Å²) >= 11 is 0. The van der Waals surface area contributed by atoms with Crippen molar-refractivity contribution in [3.05, 3.63) is 58.1 Å². The molecule has 0 aliphatic carbocycles. The summed E-state index contributed by atoms with van der Waals surface area (Å²) in [4.78, 5) is 12.3. The van der Waals surface area contributed by atoms with Crippen LogP contribution in [-0.2, 0) is 4.90 Å². The highest BCUT2D eigenvalue weighted by molar-refractivity contribution is 7.38. The Hall–Kier alpha value is -1.72. The molecular formula is C18H23N3OP2. The molecule has 0 fully saturated rings. The van der Waals surface area contributed by atoms with Gasteiger partial charge >= 0.3 is 0 Å². The van der Waals surface area contributed by atoms with Gasteiger partial charge in [0.2, 0.25) is 0 Å². The molecule has 0 saturated carbocycles. The first-order chi connectivity index (χ1) is 11.2. The Morgan fingerprint density at radius 3 is 2.71 bits per heavy atom. The van der Waals surface area contributed by atoms with Gasteiger partial charge in [0, 0.05) is 16.8 Å². The van der Waals surface area contributed by atoms with Crippen molar-refractivity contribution in [3.8, 4) is 0 Å². The molecular weight excluding hydrogens is 336 g/mol. The Kier molecular flexibility index (Phi) is 5.78. The van der Waals surface area contributed by atoms with E-state index in [1.165, 1.54) is 0 Å². The van der Waals surface area contributed by atoms with E-state index in [9.17, 15) is 4.79 Å². The molecule has 2 N–H and O–H groups in total. The minimum atomic E-state index is -0.365. The number of carbonyl (C=O) groups is 1. The van der Waals surface area contributed by atoms with Gasteiger partial charge in [-0.1, -0.05) is 12.1 Å². The van der Waals surface area contributed by atoms with Crippen molar-refractivity contribution in [2.75, 3.05) is 5.32 Å². The summed E-state index contributed by atoms with van der Waals surface area (Å²) in [5.74, 6) is -0.179. The first-order valence-electron chi connectivity index (χ1n) is 7.63. The fourth-order valence-electron chi connectivity index (χ4n) is 2.23. The van der Waals surface area contributed by atoms with Crippen LogP contribution in [0, 0.1) is 6.92 Å². The Morgan fingerprint density at radius 1 is 1.38 bits per heavy atom. The van der Waals surface area contributed by atoms with Gasteiger partial charge in [0.05, 0.1) is 11.3 Å². The van der Waals surface area contributed by atoms with Crippen molar-refractivity contribution in [1.29, 1.82) is 0 Å². The molecule has 6 heteroatoms. The molecule has 2 aromatic rings. The van der Waals surface area contributed by atoms with Crippen LogP contribution in [-0.4, -0.2) is 16.1 Å². The zero-order valence-corrected chi connectivity index (χ0v) is 16.7. The fourth-order valence-corrected chi connectivity index (χ4v) is 2.67. The van der Waals surface area contributed by atoms with E-state index in [-0.39, 0.29) is 10.8 Å². The fraction of sp³-hybridized carbons (Fsp3) is 0.278. The van der Waals surface area contributed by atoms with E-state index >= 15 is 0 Å². The molecule has 0 saturated heterocycles. The molecule has 126 valence electrons. The van der Waals surface area contributed by atoms with Crippen molar-refractivity contribution >= 4 is 36.2 Å². The van der Waals surface area contributed by atoms with Gasteiger partial charge in [-0.25, -0.2) is 0 Å². The van der Waals surface area contributed by atoms with E-state index in [1.807, 2.05) is 52.0 Å². The number of rotatable bonds is 4. The number of aromatic nitrogens is 2. The highest BCUT2D eigenvalue weighted by Crippen LogP contribution is 2.38. The number of anilines is 1. The number of H-pyrrole nitrogens is 1. The standard InChI is InChI=1S/C18H23N3OP2/c1-11(2)8-9-13-6-5-7-15(12(13)3)20-17(22)14-10-19-21-16(14)18(4,23)24/h5-7,9-10H,23-24H2,1-4H3,(H,19,21)(H,20,22). The molecule has 1 amide bonds. The van der Waals surface area contributed by atoms with Crippen molar-refractivity contribution < 1.29 is 4.79 Å². The second-order valence-corrected chi connectivity index (χ2v) is 9.26. The quantitative estimate of drug-likeness (QED) is 0.625. The van der Waals surface area contributed by atoms with Gasteiger partial charge < -0.3 is 5.32 Å². The van der Waals surface area contributed by atoms with Crippen LogP contribution < -0.4 is 5.32 Å². The number of amides is 1. The lowest BCUT2D eigenvalue weighted by molar-refractivity contribution is 0.102. The number of hydrogen-bond donors (Lipinski definition) is 2. The summed E-state index contributed by atoms with van der Waals surface area (Å²) in [5.41, 5.74) is 8.34. The summed E-state index contributed by atoms with van der Waals surface area (Å²) < 4.78 is 0. The van der Waals surface area contributed by atoms with Crippen molar-refractivity contribution in [2.24, 2.45) is 0 Å². The van der Waals surface area contributed by atoms with E-state index in [2.05, 4.69) is 39.7 Å². The van der Waals surface area contributed by atoms with E-state index in [0.717, 1.165) is 22.4 Å². The Balaban J connectivity index is 2.33. The maximum atomic E-state index is 12.7. The summed E-state index contributed by atoms with van der Waals surface area (Å²) in [6.07, 6.45) is 3.56. The molecule has 2 atom stereocenters. The zero-order valence-electron chi connectivity index (χ0n) is 14.4. The van der Waals surface area contributed by atoms with Crippen LogP contribution in [0.15, 0.2) is 35.7 Å². The van der Waals surface area contributed by atoms with Crippen LogP contribution >= 0.6 is 18.5 Å². The van der Waals surface area contributed by atoms with E-state index in [1.54, 1.807) is 6.20 Å². The van der Waals surface area contributed by atoms with E-state index in [0.29, 0.717) is 11.3 Å². The normalized spacial score (nSPS) is 10.9. The average molecular weight is 359 g/mol. The Labute approximate surface area is 147 Å². The monoisotopic (exact) mass is 359 g/mol. The molecule has 0 bridgehead atoms. The first kappa shape index (κ1) is 18.6. The number of benzene rings is 1.